The van der Waals surface area contributed by atoms with Crippen molar-refractivity contribution < 1.29 is 9.53 Å². The first-order chi connectivity index (χ1) is 9.20. The van der Waals surface area contributed by atoms with Crippen LogP contribution in [0.3, 0.4) is 0 Å². The van der Waals surface area contributed by atoms with Crippen molar-refractivity contribution in [3.8, 4) is 0 Å². The summed E-state index contributed by atoms with van der Waals surface area (Å²) in [6, 6.07) is 9.78. The van der Waals surface area contributed by atoms with Crippen LogP contribution in [0.15, 0.2) is 30.3 Å². The van der Waals surface area contributed by atoms with Gasteiger partial charge in [-0.15, -0.1) is 0 Å². The fraction of sp³-hybridized carbons (Fsp3) is 0.200. The van der Waals surface area contributed by atoms with Gasteiger partial charge in [-0.2, -0.15) is 0 Å². The number of pyridine rings is 1. The number of H-pyrrole nitrogens is 1. The molecule has 4 heteroatoms. The zero-order chi connectivity index (χ0) is 13.4. The van der Waals surface area contributed by atoms with E-state index in [2.05, 4.69) is 9.97 Å². The van der Waals surface area contributed by atoms with Gasteiger partial charge >= 0.3 is 5.97 Å². The number of nitrogens with one attached hydrogen (secondary N) is 1. The molecule has 0 spiro atoms. The van der Waals surface area contributed by atoms with Gasteiger partial charge in [0.1, 0.15) is 0 Å². The second-order valence-electron chi connectivity index (χ2n) is 4.41. The second kappa shape index (κ2) is 4.39. The summed E-state index contributed by atoms with van der Waals surface area (Å²) in [6.07, 6.45) is 0. The third-order valence-corrected chi connectivity index (χ3v) is 3.15. The molecule has 2 heterocycles. The van der Waals surface area contributed by atoms with E-state index in [0.29, 0.717) is 12.3 Å². The Morgan fingerprint density at radius 2 is 2.11 bits per heavy atom. The van der Waals surface area contributed by atoms with E-state index in [0.717, 1.165) is 27.5 Å². The minimum atomic E-state index is -0.383. The van der Waals surface area contributed by atoms with E-state index < -0.39 is 0 Å². The van der Waals surface area contributed by atoms with Gasteiger partial charge in [0, 0.05) is 22.0 Å². The van der Waals surface area contributed by atoms with Crippen molar-refractivity contribution in [1.82, 2.24) is 9.97 Å². The lowest BCUT2D eigenvalue weighted by Crippen LogP contribution is -2.07. The Morgan fingerprint density at radius 3 is 2.89 bits per heavy atom. The Balaban J connectivity index is 2.26. The van der Waals surface area contributed by atoms with E-state index in [-0.39, 0.29) is 5.97 Å². The molecule has 0 radical (unpaired) electrons. The van der Waals surface area contributed by atoms with Gasteiger partial charge in [-0.3, -0.25) is 0 Å². The number of ether oxygens (including phenoxy) is 1. The van der Waals surface area contributed by atoms with E-state index in [9.17, 15) is 4.79 Å². The molecular weight excluding hydrogens is 240 g/mol. The molecule has 3 aromatic rings. The first-order valence-corrected chi connectivity index (χ1v) is 6.26. The minimum Gasteiger partial charge on any atom is -0.461 e. The molecule has 4 nitrogen and oxygen atoms in total. The lowest BCUT2D eigenvalue weighted by Gasteiger charge is -2.03. The number of fused-ring (bicyclic) bond motifs is 3. The quantitative estimate of drug-likeness (QED) is 0.714. The Morgan fingerprint density at radius 1 is 1.32 bits per heavy atom. The standard InChI is InChI=1S/C15H14N2O2/c1-3-19-15(18)13-8-12-14(9(2)16-13)10-6-4-5-7-11(10)17-12/h4-8,17H,3H2,1-2H3. The predicted molar refractivity (Wildman–Crippen MR) is 74.3 cm³/mol. The molecule has 0 fully saturated rings. The van der Waals surface area contributed by atoms with Crippen molar-refractivity contribution in [1.29, 1.82) is 0 Å². The minimum absolute atomic E-state index is 0.346. The predicted octanol–water partition coefficient (Wildman–Crippen LogP) is 3.20. The molecule has 1 aromatic carbocycles. The van der Waals surface area contributed by atoms with Gasteiger partial charge < -0.3 is 9.72 Å². The Bertz CT molecular complexity index is 774. The summed E-state index contributed by atoms with van der Waals surface area (Å²) in [5.41, 5.74) is 3.14. The van der Waals surface area contributed by atoms with Crippen molar-refractivity contribution in [2.45, 2.75) is 13.8 Å². The highest BCUT2D eigenvalue weighted by Gasteiger charge is 2.14. The fourth-order valence-corrected chi connectivity index (χ4v) is 2.38. The number of benzene rings is 1. The zero-order valence-corrected chi connectivity index (χ0v) is 10.9. The molecule has 0 aliphatic carbocycles. The average molecular weight is 254 g/mol. The Labute approximate surface area is 110 Å². The molecule has 0 aliphatic rings. The topological polar surface area (TPSA) is 55.0 Å². The maximum Gasteiger partial charge on any atom is 0.356 e. The lowest BCUT2D eigenvalue weighted by molar-refractivity contribution is 0.0519. The summed E-state index contributed by atoms with van der Waals surface area (Å²) in [7, 11) is 0. The van der Waals surface area contributed by atoms with Crippen molar-refractivity contribution in [3.05, 3.63) is 41.7 Å². The van der Waals surface area contributed by atoms with Crippen LogP contribution in [0.25, 0.3) is 21.8 Å². The number of aromatic nitrogens is 2. The van der Waals surface area contributed by atoms with Crippen LogP contribution in [0.1, 0.15) is 23.1 Å². The van der Waals surface area contributed by atoms with Crippen molar-refractivity contribution in [2.75, 3.05) is 6.61 Å². The van der Waals surface area contributed by atoms with Crippen LogP contribution in [0.4, 0.5) is 0 Å². The summed E-state index contributed by atoms with van der Waals surface area (Å²) < 4.78 is 4.99. The number of aryl methyl sites for hydroxylation is 1. The molecule has 0 unspecified atom stereocenters. The number of hydrogen-bond donors (Lipinski definition) is 1. The lowest BCUT2D eigenvalue weighted by atomic mass is 10.1. The number of esters is 1. The van der Waals surface area contributed by atoms with E-state index in [1.165, 1.54) is 0 Å². The van der Waals surface area contributed by atoms with E-state index in [1.54, 1.807) is 13.0 Å². The largest absolute Gasteiger partial charge is 0.461 e. The van der Waals surface area contributed by atoms with Crippen molar-refractivity contribution in [2.24, 2.45) is 0 Å². The highest BCUT2D eigenvalue weighted by Crippen LogP contribution is 2.27. The van der Waals surface area contributed by atoms with Crippen LogP contribution in [-0.2, 0) is 4.74 Å². The third-order valence-electron chi connectivity index (χ3n) is 3.15. The van der Waals surface area contributed by atoms with E-state index in [4.69, 9.17) is 4.74 Å². The maximum atomic E-state index is 11.8. The molecule has 0 saturated heterocycles. The van der Waals surface area contributed by atoms with E-state index in [1.807, 2.05) is 31.2 Å². The Kier molecular flexibility index (Phi) is 2.71. The van der Waals surface area contributed by atoms with Gasteiger partial charge in [0.2, 0.25) is 0 Å². The summed E-state index contributed by atoms with van der Waals surface area (Å²) in [4.78, 5) is 19.4. The van der Waals surface area contributed by atoms with Gasteiger partial charge in [0.25, 0.3) is 0 Å². The number of carbonyl (C=O) groups excluding carboxylic acids is 1. The monoisotopic (exact) mass is 254 g/mol. The summed E-state index contributed by atoms with van der Waals surface area (Å²) in [5.74, 6) is -0.383. The van der Waals surface area contributed by atoms with Crippen LogP contribution in [0, 0.1) is 6.92 Å². The van der Waals surface area contributed by atoms with Crippen LogP contribution in [0.5, 0.6) is 0 Å². The summed E-state index contributed by atoms with van der Waals surface area (Å²) >= 11 is 0. The first-order valence-electron chi connectivity index (χ1n) is 6.26. The maximum absolute atomic E-state index is 11.8. The molecular formula is C15H14N2O2. The van der Waals surface area contributed by atoms with Crippen LogP contribution >= 0.6 is 0 Å². The normalized spacial score (nSPS) is 11.1. The highest BCUT2D eigenvalue weighted by molar-refractivity contribution is 6.09. The average Bonchev–Trinajstić information content (AvgIpc) is 2.77. The van der Waals surface area contributed by atoms with Crippen LogP contribution < -0.4 is 0 Å². The van der Waals surface area contributed by atoms with Crippen molar-refractivity contribution in [3.63, 3.8) is 0 Å². The molecule has 2 aromatic heterocycles. The number of aromatic amines is 1. The number of para-hydroxylation sites is 1. The number of hydrogen-bond acceptors (Lipinski definition) is 3. The molecule has 3 rings (SSSR count). The molecule has 0 saturated carbocycles. The number of carbonyl (C=O) groups is 1. The SMILES string of the molecule is CCOC(=O)c1cc2[nH]c3ccccc3c2c(C)n1. The smallest absolute Gasteiger partial charge is 0.356 e. The molecule has 19 heavy (non-hydrogen) atoms. The first kappa shape index (κ1) is 11.7. The molecule has 0 atom stereocenters. The van der Waals surface area contributed by atoms with Gasteiger partial charge in [0.15, 0.2) is 5.69 Å². The van der Waals surface area contributed by atoms with Gasteiger partial charge in [-0.05, 0) is 26.0 Å². The molecule has 0 amide bonds. The summed E-state index contributed by atoms with van der Waals surface area (Å²) in [5, 5.41) is 2.18. The zero-order valence-electron chi connectivity index (χ0n) is 10.9. The van der Waals surface area contributed by atoms with Gasteiger partial charge in [-0.25, -0.2) is 9.78 Å². The van der Waals surface area contributed by atoms with Crippen LogP contribution in [-0.4, -0.2) is 22.5 Å². The van der Waals surface area contributed by atoms with Gasteiger partial charge in [0.05, 0.1) is 12.1 Å². The highest BCUT2D eigenvalue weighted by atomic mass is 16.5. The van der Waals surface area contributed by atoms with E-state index >= 15 is 0 Å². The molecule has 1 N–H and O–H groups in total. The molecule has 0 aliphatic heterocycles. The summed E-state index contributed by atoms with van der Waals surface area (Å²) in [6.45, 7) is 4.04. The second-order valence-corrected chi connectivity index (χ2v) is 4.41. The Hall–Kier alpha value is -2.36. The van der Waals surface area contributed by atoms with Crippen LogP contribution in [0.2, 0.25) is 0 Å². The molecule has 0 bridgehead atoms. The number of rotatable bonds is 2. The third kappa shape index (κ3) is 1.85. The van der Waals surface area contributed by atoms with Crippen molar-refractivity contribution >= 4 is 27.8 Å². The fourth-order valence-electron chi connectivity index (χ4n) is 2.38. The molecule has 96 valence electrons. The number of nitrogens with zero attached hydrogens (tertiary/aromatic N) is 1. The van der Waals surface area contributed by atoms with Gasteiger partial charge in [-0.1, -0.05) is 18.2 Å².